The Labute approximate surface area is 83.1 Å². The Balaban J connectivity index is 0. The van der Waals surface area contributed by atoms with Gasteiger partial charge in [-0.05, 0) is 0 Å². The maximum atomic E-state index is 0. The zero-order valence-corrected chi connectivity index (χ0v) is 7.69. The Morgan fingerprint density at radius 2 is 0.400 bits per heavy atom. The maximum Gasteiger partial charge on any atom is 4.00 e. The third-order valence-corrected chi connectivity index (χ3v) is 0. The van der Waals surface area contributed by atoms with Crippen LogP contribution in [0.4, 0.5) is 0 Å². The Bertz CT molecular complexity index is 13.6. The predicted octanol–water partition coefficient (Wildman–Crippen LogP) is -24.4. The van der Waals surface area contributed by atoms with E-state index in [1.54, 1.807) is 0 Å². The molecule has 0 amide bonds. The topological polar surface area (TPSA) is 0 Å². The second-order valence-electron chi connectivity index (χ2n) is 0. The van der Waals surface area contributed by atoms with Gasteiger partial charge in [-0.3, -0.25) is 0 Å². The van der Waals surface area contributed by atoms with Crippen molar-refractivity contribution in [2.75, 3.05) is 0 Å². The van der Waals surface area contributed by atoms with Crippen molar-refractivity contribution < 1.29 is 72.9 Å². The molecule has 0 rings (SSSR count). The van der Waals surface area contributed by atoms with Crippen LogP contribution in [0.2, 0.25) is 0 Å². The van der Waals surface area contributed by atoms with E-state index in [0.29, 0.717) is 0 Å². The van der Waals surface area contributed by atoms with Crippen molar-refractivity contribution in [1.29, 1.82) is 0 Å². The first-order valence-electron chi connectivity index (χ1n) is 0. The molecule has 0 N–H and O–H groups in total. The van der Waals surface area contributed by atoms with Gasteiger partial charge in [0.2, 0.25) is 0 Å². The third kappa shape index (κ3) is 611. The normalized spacial score (nSPS) is 0. The Morgan fingerprint density at radius 1 is 0.400 bits per heavy atom. The van der Waals surface area contributed by atoms with Crippen LogP contribution in [0.3, 0.4) is 0 Å². The second-order valence-corrected chi connectivity index (χ2v) is 0. The van der Waals surface area contributed by atoms with E-state index in [9.17, 15) is 0 Å². The van der Waals surface area contributed by atoms with Gasteiger partial charge in [-0.1, -0.05) is 0 Å². The molecule has 0 aromatic carbocycles. The van der Waals surface area contributed by atoms with Gasteiger partial charge in [-0.15, -0.1) is 0 Å². The molecule has 0 fully saturated rings. The van der Waals surface area contributed by atoms with Crippen LogP contribution in [-0.4, -0.2) is 10.1 Å². The number of halogens is 7. The van der Waals surface area contributed by atoms with Crippen molar-refractivity contribution in [1.82, 2.24) is 0 Å². The van der Waals surface area contributed by atoms with Crippen molar-refractivity contribution in [2.45, 2.75) is 0 Å². The van der Waals surface area contributed by atoms with Crippen molar-refractivity contribution in [3.05, 3.63) is 0 Å². The molecule has 0 unspecified atom stereocenters. The van der Waals surface area contributed by atoms with Crippen LogP contribution in [0.25, 0.3) is 0 Å². The molecule has 0 aliphatic rings. The van der Waals surface area contributed by atoms with E-state index in [-0.39, 0.29) is 83.0 Å². The van der Waals surface area contributed by atoms with E-state index in [1.165, 1.54) is 0 Å². The zero-order valence-electron chi connectivity index (χ0n) is 4.76. The minimum absolute atomic E-state index is 0. The van der Waals surface area contributed by atoms with Gasteiger partial charge in [-0.2, -0.15) is 0 Å². The molecule has 0 atom stereocenters. The van der Waals surface area contributed by atoms with Crippen molar-refractivity contribution in [2.24, 2.45) is 0 Å². The summed E-state index contributed by atoms with van der Waals surface area (Å²) in [5, 5.41) is 0. The van der Waals surface area contributed by atoms with Crippen LogP contribution in [0.15, 0.2) is 0 Å². The molecule has 0 nitrogen and oxygen atoms in total. The fourth-order valence-electron chi connectivity index (χ4n) is 0. The number of hydrogen-bond donors (Lipinski definition) is 0. The van der Waals surface area contributed by atoms with Gasteiger partial charge in [0.1, 0.15) is 0 Å². The van der Waals surface area contributed by atoms with E-state index in [1.807, 2.05) is 0 Å². The van der Waals surface area contributed by atoms with E-state index in [0.717, 1.165) is 0 Å². The van der Waals surface area contributed by atoms with Crippen molar-refractivity contribution in [3.63, 3.8) is 0 Å². The summed E-state index contributed by atoms with van der Waals surface area (Å²) >= 11 is 0. The van der Waals surface area contributed by atoms with Gasteiger partial charge < -0.3 is 32.9 Å². The minimum Gasteiger partial charge on any atom is -1.00 e. The standard InChI is InChI=1S/Be.7FH.Li.W/h;7*1H;;/q+2;;;;;;;;+1;+4/p-7. The van der Waals surface area contributed by atoms with E-state index in [2.05, 4.69) is 0 Å². The van der Waals surface area contributed by atoms with E-state index >= 15 is 0 Å². The summed E-state index contributed by atoms with van der Waals surface area (Å²) in [6.07, 6.45) is 0. The number of rotatable bonds is 0. The Kier molecular flexibility index (Phi) is 101000. The average molecular weight is 333 g/mol. The molecular formula is BeF7LiW. The average Bonchev–Trinajstić information content (AvgIpc) is 0. The summed E-state index contributed by atoms with van der Waals surface area (Å²) in [7, 11) is 0. The second kappa shape index (κ2) is 861. The molecule has 0 spiro atoms. The summed E-state index contributed by atoms with van der Waals surface area (Å²) in [5.74, 6) is 0. The van der Waals surface area contributed by atoms with Gasteiger partial charge in [0, 0.05) is 0 Å². The first-order valence-corrected chi connectivity index (χ1v) is 0. The molecule has 58 valence electrons. The largest absolute Gasteiger partial charge is 4.00 e. The van der Waals surface area contributed by atoms with Crippen molar-refractivity contribution >= 4 is 10.1 Å². The molecule has 0 aromatic rings. The Morgan fingerprint density at radius 3 is 0.400 bits per heavy atom. The van der Waals surface area contributed by atoms with Gasteiger partial charge in [0.25, 0.3) is 0 Å². The van der Waals surface area contributed by atoms with Crippen LogP contribution in [0, 0.1) is 0 Å². The molecule has 0 aliphatic carbocycles. The Hall–Kier alpha value is 0.965. The molecule has 10 heavy (non-hydrogen) atoms. The smallest absolute Gasteiger partial charge is 1.00 e. The van der Waals surface area contributed by atoms with Gasteiger partial charge >= 0.3 is 50.0 Å². The van der Waals surface area contributed by atoms with Gasteiger partial charge in [0.05, 0.1) is 0 Å². The summed E-state index contributed by atoms with van der Waals surface area (Å²) in [4.78, 5) is 0. The van der Waals surface area contributed by atoms with Crippen LogP contribution in [0.5, 0.6) is 0 Å². The SMILES string of the molecule is [Be+2].[F-].[F-].[F-].[F-].[F-].[F-].[F-].[Li+].[W+4]. The van der Waals surface area contributed by atoms with Crippen LogP contribution in [-0.2, 0) is 21.1 Å². The van der Waals surface area contributed by atoms with Crippen LogP contribution < -0.4 is 51.8 Å². The fraction of sp³-hybridized carbons (Fsp3) is 0. The fourth-order valence-corrected chi connectivity index (χ4v) is 0. The van der Waals surface area contributed by atoms with Gasteiger partial charge in [-0.25, -0.2) is 0 Å². The summed E-state index contributed by atoms with van der Waals surface area (Å²) in [6, 6.07) is 0. The minimum atomic E-state index is 0. The number of hydrogen-bond acceptors (Lipinski definition) is 0. The summed E-state index contributed by atoms with van der Waals surface area (Å²) in [5.41, 5.74) is 0. The molecule has 0 radical (unpaired) electrons. The first-order chi connectivity index (χ1) is 0. The van der Waals surface area contributed by atoms with Crippen LogP contribution in [0.1, 0.15) is 0 Å². The molecule has 0 saturated heterocycles. The molecule has 0 aliphatic heterocycles. The monoisotopic (exact) mass is 333 g/mol. The van der Waals surface area contributed by atoms with Crippen LogP contribution >= 0.6 is 0 Å². The zero-order chi connectivity index (χ0) is 0. The summed E-state index contributed by atoms with van der Waals surface area (Å²) in [6.45, 7) is 0. The third-order valence-electron chi connectivity index (χ3n) is 0. The van der Waals surface area contributed by atoms with E-state index in [4.69, 9.17) is 0 Å². The summed E-state index contributed by atoms with van der Waals surface area (Å²) < 4.78 is 0. The molecule has 10 heteroatoms. The first kappa shape index (κ1) is 1170. The van der Waals surface area contributed by atoms with Gasteiger partial charge in [0.15, 0.2) is 0 Å². The molecule has 0 aromatic heterocycles. The maximum absolute atomic E-state index is 0. The van der Waals surface area contributed by atoms with Crippen molar-refractivity contribution in [3.8, 4) is 0 Å². The quantitative estimate of drug-likeness (QED) is 0.305. The molecule has 0 bridgehead atoms. The molecule has 0 heterocycles. The molecular weight excluding hydrogens is 333 g/mol. The van der Waals surface area contributed by atoms with E-state index < -0.39 is 0 Å². The predicted molar refractivity (Wildman–Crippen MR) is 5.75 cm³/mol. The molecule has 0 saturated carbocycles.